The largest absolute Gasteiger partial charge is 0.315 e. The van der Waals surface area contributed by atoms with Crippen LogP contribution in [0.2, 0.25) is 0 Å². The van der Waals surface area contributed by atoms with E-state index < -0.39 is 0 Å². The van der Waals surface area contributed by atoms with Gasteiger partial charge >= 0.3 is 0 Å². The van der Waals surface area contributed by atoms with Crippen LogP contribution in [0.25, 0.3) is 0 Å². The lowest BCUT2D eigenvalue weighted by atomic mass is 9.96. The molecule has 1 N–H and O–H groups in total. The van der Waals surface area contributed by atoms with Crippen LogP contribution in [0.4, 0.5) is 10.1 Å². The minimum Gasteiger partial charge on any atom is -0.315 e. The Morgan fingerprint density at radius 3 is 2.93 bits per heavy atom. The second-order valence-electron chi connectivity index (χ2n) is 3.70. The molecule has 1 unspecified atom stereocenters. The number of amides is 1. The van der Waals surface area contributed by atoms with E-state index in [4.69, 9.17) is 0 Å². The monoisotopic (exact) mass is 208 g/mol. The van der Waals surface area contributed by atoms with E-state index in [1.807, 2.05) is 0 Å². The van der Waals surface area contributed by atoms with Gasteiger partial charge in [-0.3, -0.25) is 4.79 Å². The number of halogens is 1. The quantitative estimate of drug-likeness (QED) is 0.757. The maximum atomic E-state index is 13.1. The fourth-order valence-corrected chi connectivity index (χ4v) is 1.92. The standard InChI is InChI=1S/C11H13FN2O/c1-13-9-6-11(15)14(2)10-5-7(12)3-4-8(9)10/h3-5,9,13H,6H2,1-2H3. The van der Waals surface area contributed by atoms with E-state index in [1.54, 1.807) is 20.2 Å². The highest BCUT2D eigenvalue weighted by molar-refractivity contribution is 5.96. The average Bonchev–Trinajstić information content (AvgIpc) is 2.23. The number of rotatable bonds is 1. The molecule has 0 aromatic heterocycles. The summed E-state index contributed by atoms with van der Waals surface area (Å²) in [4.78, 5) is 13.1. The smallest absolute Gasteiger partial charge is 0.228 e. The predicted octanol–water partition coefficient (Wildman–Crippen LogP) is 1.45. The summed E-state index contributed by atoms with van der Waals surface area (Å²) in [6, 6.07) is 4.54. The number of carbonyl (C=O) groups excluding carboxylic acids is 1. The van der Waals surface area contributed by atoms with E-state index in [2.05, 4.69) is 5.32 Å². The fraction of sp³-hybridized carbons (Fsp3) is 0.364. The van der Waals surface area contributed by atoms with Gasteiger partial charge in [-0.05, 0) is 24.7 Å². The minimum atomic E-state index is -0.315. The van der Waals surface area contributed by atoms with Crippen LogP contribution in [0.1, 0.15) is 18.0 Å². The summed E-state index contributed by atoms with van der Waals surface area (Å²) < 4.78 is 13.1. The van der Waals surface area contributed by atoms with Gasteiger partial charge in [0.15, 0.2) is 0 Å². The van der Waals surface area contributed by atoms with Crippen molar-refractivity contribution in [3.8, 4) is 0 Å². The molecular weight excluding hydrogens is 195 g/mol. The van der Waals surface area contributed by atoms with Gasteiger partial charge in [0, 0.05) is 19.5 Å². The lowest BCUT2D eigenvalue weighted by molar-refractivity contribution is -0.119. The third-order valence-electron chi connectivity index (χ3n) is 2.83. The fourth-order valence-electron chi connectivity index (χ4n) is 1.92. The first-order valence-electron chi connectivity index (χ1n) is 4.86. The van der Waals surface area contributed by atoms with Crippen LogP contribution in [0.15, 0.2) is 18.2 Å². The number of nitrogens with zero attached hydrogens (tertiary/aromatic N) is 1. The molecule has 1 atom stereocenters. The molecule has 80 valence electrons. The Balaban J connectivity index is 2.53. The van der Waals surface area contributed by atoms with Crippen LogP contribution in [-0.2, 0) is 4.79 Å². The van der Waals surface area contributed by atoms with E-state index in [0.717, 1.165) is 5.56 Å². The molecule has 4 heteroatoms. The minimum absolute atomic E-state index is 0.00690. The van der Waals surface area contributed by atoms with E-state index in [-0.39, 0.29) is 17.8 Å². The number of anilines is 1. The number of benzene rings is 1. The van der Waals surface area contributed by atoms with Crippen molar-refractivity contribution < 1.29 is 9.18 Å². The van der Waals surface area contributed by atoms with Gasteiger partial charge in [-0.1, -0.05) is 6.07 Å². The topological polar surface area (TPSA) is 32.3 Å². The third-order valence-corrected chi connectivity index (χ3v) is 2.83. The lowest BCUT2D eigenvalue weighted by Gasteiger charge is -2.31. The van der Waals surface area contributed by atoms with Crippen molar-refractivity contribution in [2.75, 3.05) is 19.0 Å². The van der Waals surface area contributed by atoms with Crippen LogP contribution >= 0.6 is 0 Å². The van der Waals surface area contributed by atoms with Crippen molar-refractivity contribution >= 4 is 11.6 Å². The molecule has 1 amide bonds. The Bertz CT molecular complexity index is 406. The van der Waals surface area contributed by atoms with Gasteiger partial charge < -0.3 is 10.2 Å². The number of hydrogen-bond acceptors (Lipinski definition) is 2. The zero-order chi connectivity index (χ0) is 11.0. The Labute approximate surface area is 87.9 Å². The second kappa shape index (κ2) is 3.62. The van der Waals surface area contributed by atoms with E-state index >= 15 is 0 Å². The summed E-state index contributed by atoms with van der Waals surface area (Å²) in [6.45, 7) is 0. The Kier molecular flexibility index (Phi) is 2.44. The molecule has 3 nitrogen and oxygen atoms in total. The number of hydrogen-bond donors (Lipinski definition) is 1. The highest BCUT2D eigenvalue weighted by atomic mass is 19.1. The molecular formula is C11H13FN2O. The van der Waals surface area contributed by atoms with Crippen LogP contribution in [0.5, 0.6) is 0 Å². The number of nitrogens with one attached hydrogen (secondary N) is 1. The van der Waals surface area contributed by atoms with E-state index in [1.165, 1.54) is 17.0 Å². The molecule has 0 saturated carbocycles. The van der Waals surface area contributed by atoms with Crippen molar-refractivity contribution in [1.82, 2.24) is 5.32 Å². The van der Waals surface area contributed by atoms with Crippen LogP contribution in [0, 0.1) is 5.82 Å². The van der Waals surface area contributed by atoms with Crippen LogP contribution in [-0.4, -0.2) is 20.0 Å². The van der Waals surface area contributed by atoms with Gasteiger partial charge in [-0.15, -0.1) is 0 Å². The Hall–Kier alpha value is -1.42. The maximum Gasteiger partial charge on any atom is 0.228 e. The molecule has 1 heterocycles. The summed E-state index contributed by atoms with van der Waals surface area (Å²) in [5.74, 6) is -0.308. The molecule has 2 rings (SSSR count). The van der Waals surface area contributed by atoms with Crippen molar-refractivity contribution in [3.05, 3.63) is 29.6 Å². The molecule has 1 aromatic carbocycles. The number of carbonyl (C=O) groups is 1. The van der Waals surface area contributed by atoms with Gasteiger partial charge in [-0.25, -0.2) is 4.39 Å². The summed E-state index contributed by atoms with van der Waals surface area (Å²) in [7, 11) is 3.48. The van der Waals surface area contributed by atoms with Crippen LogP contribution < -0.4 is 10.2 Å². The molecule has 0 fully saturated rings. The predicted molar refractivity (Wildman–Crippen MR) is 56.2 cm³/mol. The van der Waals surface area contributed by atoms with Crippen molar-refractivity contribution in [2.45, 2.75) is 12.5 Å². The first kappa shape index (κ1) is 10.1. The number of fused-ring (bicyclic) bond motifs is 1. The molecule has 0 saturated heterocycles. The maximum absolute atomic E-state index is 13.1. The Morgan fingerprint density at radius 2 is 2.27 bits per heavy atom. The van der Waals surface area contributed by atoms with Crippen LogP contribution in [0.3, 0.4) is 0 Å². The van der Waals surface area contributed by atoms with Crippen molar-refractivity contribution in [1.29, 1.82) is 0 Å². The third kappa shape index (κ3) is 1.61. The lowest BCUT2D eigenvalue weighted by Crippen LogP contribution is -2.36. The van der Waals surface area contributed by atoms with Gasteiger partial charge in [0.1, 0.15) is 5.82 Å². The van der Waals surface area contributed by atoms with Gasteiger partial charge in [0.25, 0.3) is 0 Å². The van der Waals surface area contributed by atoms with E-state index in [9.17, 15) is 9.18 Å². The van der Waals surface area contributed by atoms with Gasteiger partial charge in [0.05, 0.1) is 5.69 Å². The van der Waals surface area contributed by atoms with E-state index in [0.29, 0.717) is 12.1 Å². The summed E-state index contributed by atoms with van der Waals surface area (Å²) in [5.41, 5.74) is 1.63. The zero-order valence-corrected chi connectivity index (χ0v) is 8.75. The first-order chi connectivity index (χ1) is 7.13. The molecule has 1 aromatic rings. The highest BCUT2D eigenvalue weighted by Crippen LogP contribution is 2.33. The molecule has 0 radical (unpaired) electrons. The molecule has 0 bridgehead atoms. The second-order valence-corrected chi connectivity index (χ2v) is 3.70. The normalized spacial score (nSPS) is 20.3. The van der Waals surface area contributed by atoms with Gasteiger partial charge in [-0.2, -0.15) is 0 Å². The summed E-state index contributed by atoms with van der Waals surface area (Å²) >= 11 is 0. The summed E-state index contributed by atoms with van der Waals surface area (Å²) in [5, 5.41) is 3.06. The SMILES string of the molecule is CNC1CC(=O)N(C)c2cc(F)ccc21. The van der Waals surface area contributed by atoms with Gasteiger partial charge in [0.2, 0.25) is 5.91 Å². The molecule has 1 aliphatic heterocycles. The molecule has 15 heavy (non-hydrogen) atoms. The molecule has 0 aliphatic carbocycles. The van der Waals surface area contributed by atoms with Crippen molar-refractivity contribution in [3.63, 3.8) is 0 Å². The Morgan fingerprint density at radius 1 is 1.53 bits per heavy atom. The first-order valence-corrected chi connectivity index (χ1v) is 4.86. The molecule has 1 aliphatic rings. The summed E-state index contributed by atoms with van der Waals surface area (Å²) in [6.07, 6.45) is 0.422. The zero-order valence-electron chi connectivity index (χ0n) is 8.75. The average molecular weight is 208 g/mol. The molecule has 0 spiro atoms. The van der Waals surface area contributed by atoms with Crippen molar-refractivity contribution in [2.24, 2.45) is 0 Å². The highest BCUT2D eigenvalue weighted by Gasteiger charge is 2.28.